The maximum Gasteiger partial charge on any atom is 0.351 e. The first-order valence-electron chi connectivity index (χ1n) is 3.80. The van der Waals surface area contributed by atoms with Gasteiger partial charge in [0.2, 0.25) is 0 Å². The molecule has 68 valence electrons. The summed E-state index contributed by atoms with van der Waals surface area (Å²) in [5.74, 6) is -0.992. The van der Waals surface area contributed by atoms with Crippen LogP contribution >= 0.6 is 0 Å². The summed E-state index contributed by atoms with van der Waals surface area (Å²) in [7, 11) is 0. The second-order valence-electron chi connectivity index (χ2n) is 2.27. The topological polar surface area (TPSA) is 61.7 Å². The van der Waals surface area contributed by atoms with Crippen molar-refractivity contribution in [1.29, 1.82) is 0 Å². The smallest absolute Gasteiger partial charge is 0.351 e. The van der Waals surface area contributed by atoms with Crippen LogP contribution in [0.15, 0.2) is 17.3 Å². The van der Waals surface area contributed by atoms with Crippen molar-refractivity contribution in [1.82, 2.24) is 5.43 Å². The first kappa shape index (κ1) is 10.7. The van der Waals surface area contributed by atoms with Crippen molar-refractivity contribution in [3.05, 3.63) is 12.2 Å². The van der Waals surface area contributed by atoms with Gasteiger partial charge in [-0.1, -0.05) is 12.2 Å². The highest BCUT2D eigenvalue weighted by atomic mass is 16.4. The number of aliphatic carboxylic acids is 1. The number of hydrazone groups is 1. The molecule has 0 heterocycles. The van der Waals surface area contributed by atoms with Crippen LogP contribution in [-0.4, -0.2) is 23.3 Å². The minimum Gasteiger partial charge on any atom is -0.477 e. The molecule has 0 amide bonds. The number of hydrogen-bond donors (Lipinski definition) is 2. The van der Waals surface area contributed by atoms with Gasteiger partial charge in [0.1, 0.15) is 5.71 Å². The molecule has 0 spiro atoms. The van der Waals surface area contributed by atoms with E-state index < -0.39 is 5.97 Å². The molecule has 0 fully saturated rings. The third-order valence-electron chi connectivity index (χ3n) is 1.21. The molecule has 0 aliphatic carbocycles. The molecular weight excluding hydrogens is 156 g/mol. The van der Waals surface area contributed by atoms with Gasteiger partial charge in [0.05, 0.1) is 0 Å². The second kappa shape index (κ2) is 6.39. The van der Waals surface area contributed by atoms with Gasteiger partial charge in [-0.3, -0.25) is 0 Å². The van der Waals surface area contributed by atoms with Gasteiger partial charge in [-0.15, -0.1) is 0 Å². The van der Waals surface area contributed by atoms with Crippen LogP contribution in [0.1, 0.15) is 20.3 Å². The Kier molecular flexibility index (Phi) is 5.69. The summed E-state index contributed by atoms with van der Waals surface area (Å²) in [6.07, 6.45) is 4.78. The Bertz CT molecular complexity index is 197. The monoisotopic (exact) mass is 170 g/mol. The fourth-order valence-corrected chi connectivity index (χ4v) is 0.537. The minimum absolute atomic E-state index is 0.0791. The van der Waals surface area contributed by atoms with Gasteiger partial charge in [-0.2, -0.15) is 5.10 Å². The average molecular weight is 170 g/mol. The van der Waals surface area contributed by atoms with Crippen molar-refractivity contribution in [3.63, 3.8) is 0 Å². The molecule has 2 N–H and O–H groups in total. The lowest BCUT2D eigenvalue weighted by Crippen LogP contribution is -2.15. The number of rotatable bonds is 5. The Morgan fingerprint density at radius 2 is 2.33 bits per heavy atom. The molecule has 0 saturated carbocycles. The Labute approximate surface area is 72.0 Å². The first-order chi connectivity index (χ1) is 5.68. The van der Waals surface area contributed by atoms with Crippen LogP contribution in [0.5, 0.6) is 0 Å². The maximum absolute atomic E-state index is 10.2. The molecule has 0 rings (SSSR count). The molecule has 0 unspecified atom stereocenters. The van der Waals surface area contributed by atoms with Crippen molar-refractivity contribution >= 4 is 11.7 Å². The van der Waals surface area contributed by atoms with Gasteiger partial charge < -0.3 is 10.5 Å². The summed E-state index contributed by atoms with van der Waals surface area (Å²) in [5, 5.41) is 12.0. The summed E-state index contributed by atoms with van der Waals surface area (Å²) in [6, 6.07) is 0. The summed E-state index contributed by atoms with van der Waals surface area (Å²) < 4.78 is 0. The predicted octanol–water partition coefficient (Wildman–Crippen LogP) is 1.00. The molecule has 0 radical (unpaired) electrons. The van der Waals surface area contributed by atoms with E-state index in [0.29, 0.717) is 6.54 Å². The van der Waals surface area contributed by atoms with Gasteiger partial charge in [-0.25, -0.2) is 4.79 Å². The average Bonchev–Trinajstić information content (AvgIpc) is 2.03. The summed E-state index contributed by atoms with van der Waals surface area (Å²) in [4.78, 5) is 10.2. The quantitative estimate of drug-likeness (QED) is 0.280. The van der Waals surface area contributed by atoms with E-state index in [1.54, 1.807) is 0 Å². The van der Waals surface area contributed by atoms with E-state index in [1.165, 1.54) is 6.92 Å². The zero-order chi connectivity index (χ0) is 9.40. The van der Waals surface area contributed by atoms with Crippen molar-refractivity contribution in [2.45, 2.75) is 20.3 Å². The molecule has 0 aromatic rings. The molecule has 0 atom stereocenters. The van der Waals surface area contributed by atoms with Crippen LogP contribution in [0.3, 0.4) is 0 Å². The normalized spacial score (nSPS) is 12.0. The molecule has 4 nitrogen and oxygen atoms in total. The second-order valence-corrected chi connectivity index (χ2v) is 2.27. The zero-order valence-electron chi connectivity index (χ0n) is 7.37. The van der Waals surface area contributed by atoms with Crippen molar-refractivity contribution in [3.8, 4) is 0 Å². The van der Waals surface area contributed by atoms with Gasteiger partial charge in [0, 0.05) is 6.54 Å². The molecule has 0 aromatic heterocycles. The lowest BCUT2D eigenvalue weighted by atomic mass is 10.4. The van der Waals surface area contributed by atoms with Gasteiger partial charge >= 0.3 is 5.97 Å². The lowest BCUT2D eigenvalue weighted by molar-refractivity contribution is -0.129. The number of hydrogen-bond acceptors (Lipinski definition) is 3. The minimum atomic E-state index is -0.992. The van der Waals surface area contributed by atoms with Crippen molar-refractivity contribution in [2.75, 3.05) is 6.54 Å². The molecule has 12 heavy (non-hydrogen) atoms. The highest BCUT2D eigenvalue weighted by molar-refractivity contribution is 6.34. The SMILES string of the molecule is C/C=C/CCN/N=C(/C)C(=O)O. The van der Waals surface area contributed by atoms with E-state index in [1.807, 2.05) is 19.1 Å². The Morgan fingerprint density at radius 1 is 1.67 bits per heavy atom. The largest absolute Gasteiger partial charge is 0.477 e. The highest BCUT2D eigenvalue weighted by Crippen LogP contribution is 1.80. The van der Waals surface area contributed by atoms with Crippen LogP contribution in [0, 0.1) is 0 Å². The Balaban J connectivity index is 3.53. The number of nitrogens with one attached hydrogen (secondary N) is 1. The lowest BCUT2D eigenvalue weighted by Gasteiger charge is -1.96. The van der Waals surface area contributed by atoms with Crippen molar-refractivity contribution < 1.29 is 9.90 Å². The molecule has 4 heteroatoms. The molecule has 0 aliphatic heterocycles. The number of nitrogens with zero attached hydrogens (tertiary/aromatic N) is 1. The first-order valence-corrected chi connectivity index (χ1v) is 3.80. The van der Waals surface area contributed by atoms with Crippen LogP contribution in [0.2, 0.25) is 0 Å². The zero-order valence-corrected chi connectivity index (χ0v) is 7.37. The van der Waals surface area contributed by atoms with Crippen LogP contribution in [0.25, 0.3) is 0 Å². The van der Waals surface area contributed by atoms with E-state index in [-0.39, 0.29) is 5.71 Å². The Morgan fingerprint density at radius 3 is 2.83 bits per heavy atom. The summed E-state index contributed by atoms with van der Waals surface area (Å²) >= 11 is 0. The van der Waals surface area contributed by atoms with E-state index >= 15 is 0 Å². The molecular formula is C8H14N2O2. The standard InChI is InChI=1S/C8H14N2O2/c1-3-4-5-6-9-10-7(2)8(11)12/h3-4,9H,5-6H2,1-2H3,(H,11,12)/b4-3+,10-7-. The van der Waals surface area contributed by atoms with Crippen molar-refractivity contribution in [2.24, 2.45) is 5.10 Å². The highest BCUT2D eigenvalue weighted by Gasteiger charge is 1.99. The fraction of sp³-hybridized carbons (Fsp3) is 0.500. The molecule has 0 aromatic carbocycles. The molecule has 0 aliphatic rings. The van der Waals surface area contributed by atoms with Gasteiger partial charge in [0.15, 0.2) is 0 Å². The number of carboxylic acid groups (broad SMARTS) is 1. The van der Waals surface area contributed by atoms with E-state index in [9.17, 15) is 4.79 Å². The molecule has 0 bridgehead atoms. The van der Waals surface area contributed by atoms with Crippen LogP contribution in [-0.2, 0) is 4.79 Å². The third-order valence-corrected chi connectivity index (χ3v) is 1.21. The Hall–Kier alpha value is -1.32. The van der Waals surface area contributed by atoms with Gasteiger partial charge in [-0.05, 0) is 20.3 Å². The summed E-state index contributed by atoms with van der Waals surface area (Å²) in [6.45, 7) is 4.05. The number of carbonyl (C=O) groups is 1. The van der Waals surface area contributed by atoms with E-state index in [2.05, 4.69) is 10.5 Å². The molecule has 0 saturated heterocycles. The van der Waals surface area contributed by atoms with Gasteiger partial charge in [0.25, 0.3) is 0 Å². The summed E-state index contributed by atoms with van der Waals surface area (Å²) in [5.41, 5.74) is 2.74. The van der Waals surface area contributed by atoms with E-state index in [0.717, 1.165) is 6.42 Å². The number of allylic oxidation sites excluding steroid dienone is 1. The maximum atomic E-state index is 10.2. The third kappa shape index (κ3) is 5.46. The predicted molar refractivity (Wildman–Crippen MR) is 48.2 cm³/mol. The number of carboxylic acids is 1. The van der Waals surface area contributed by atoms with Crippen LogP contribution < -0.4 is 5.43 Å². The van der Waals surface area contributed by atoms with Crippen LogP contribution in [0.4, 0.5) is 0 Å². The fourth-order valence-electron chi connectivity index (χ4n) is 0.537. The van der Waals surface area contributed by atoms with E-state index in [4.69, 9.17) is 5.11 Å².